The molecule has 25 heavy (non-hydrogen) atoms. The van der Waals surface area contributed by atoms with Crippen LogP contribution in [0.3, 0.4) is 0 Å². The van der Waals surface area contributed by atoms with Gasteiger partial charge in [-0.2, -0.15) is 5.10 Å². The first kappa shape index (κ1) is 14.2. The van der Waals surface area contributed by atoms with Crippen molar-refractivity contribution in [3.05, 3.63) is 59.8 Å². The van der Waals surface area contributed by atoms with Gasteiger partial charge in [0, 0.05) is 16.9 Å². The van der Waals surface area contributed by atoms with Crippen LogP contribution in [0.4, 0.5) is 5.82 Å². The standard InChI is InChI=1S/C19H18N6/c20-19-15-10-14(8-9-16(15)21-23-19)18-17(13-6-7-13)22-24-25(18)11-12-4-2-1-3-5-12/h1-5,8-10,13H,6-7,11H2,(H3,20,21,23). The lowest BCUT2D eigenvalue weighted by molar-refractivity contribution is 0.655. The van der Waals surface area contributed by atoms with Gasteiger partial charge in [0.05, 0.1) is 23.4 Å². The fourth-order valence-corrected chi connectivity index (χ4v) is 3.30. The Hall–Kier alpha value is -3.15. The Balaban J connectivity index is 1.64. The van der Waals surface area contributed by atoms with Gasteiger partial charge in [0.2, 0.25) is 0 Å². The average Bonchev–Trinajstić information content (AvgIpc) is 3.31. The quantitative estimate of drug-likeness (QED) is 0.601. The molecule has 3 N–H and O–H groups in total. The van der Waals surface area contributed by atoms with E-state index in [-0.39, 0.29) is 0 Å². The highest BCUT2D eigenvalue weighted by Crippen LogP contribution is 2.43. The Morgan fingerprint density at radius 3 is 2.76 bits per heavy atom. The molecule has 0 saturated heterocycles. The third-order valence-electron chi connectivity index (χ3n) is 4.77. The van der Waals surface area contributed by atoms with Gasteiger partial charge in [-0.3, -0.25) is 5.10 Å². The maximum absolute atomic E-state index is 5.99. The molecule has 0 spiro atoms. The molecule has 1 saturated carbocycles. The lowest BCUT2D eigenvalue weighted by Crippen LogP contribution is -2.04. The van der Waals surface area contributed by atoms with Crippen molar-refractivity contribution >= 4 is 16.7 Å². The number of nitrogens with two attached hydrogens (primary N) is 1. The SMILES string of the molecule is Nc1n[nH]c2ccc(-c3c(C4CC4)nnn3Cc3ccccc3)cc12. The van der Waals surface area contributed by atoms with E-state index in [0.29, 0.717) is 18.3 Å². The fourth-order valence-electron chi connectivity index (χ4n) is 3.30. The average molecular weight is 330 g/mol. The number of nitrogens with one attached hydrogen (secondary N) is 1. The molecule has 0 unspecified atom stereocenters. The Bertz CT molecular complexity index is 1040. The molecule has 4 aromatic rings. The molecule has 6 nitrogen and oxygen atoms in total. The molecule has 1 aliphatic carbocycles. The summed E-state index contributed by atoms with van der Waals surface area (Å²) in [7, 11) is 0. The zero-order valence-electron chi connectivity index (χ0n) is 13.7. The highest BCUT2D eigenvalue weighted by Gasteiger charge is 2.31. The van der Waals surface area contributed by atoms with Crippen LogP contribution >= 0.6 is 0 Å². The van der Waals surface area contributed by atoms with Crippen molar-refractivity contribution in [2.75, 3.05) is 5.73 Å². The molecular formula is C19H18N6. The molecule has 0 radical (unpaired) electrons. The van der Waals surface area contributed by atoms with E-state index in [1.54, 1.807) is 0 Å². The minimum atomic E-state index is 0.520. The van der Waals surface area contributed by atoms with Crippen molar-refractivity contribution < 1.29 is 0 Å². The fraction of sp³-hybridized carbons (Fsp3) is 0.211. The second kappa shape index (κ2) is 5.44. The van der Waals surface area contributed by atoms with Gasteiger partial charge < -0.3 is 5.73 Å². The summed E-state index contributed by atoms with van der Waals surface area (Å²) in [4.78, 5) is 0. The minimum Gasteiger partial charge on any atom is -0.382 e. The maximum Gasteiger partial charge on any atom is 0.153 e. The third-order valence-corrected chi connectivity index (χ3v) is 4.77. The predicted octanol–water partition coefficient (Wildman–Crippen LogP) is 3.33. The third kappa shape index (κ3) is 2.46. The van der Waals surface area contributed by atoms with Gasteiger partial charge in [-0.05, 0) is 30.5 Å². The van der Waals surface area contributed by atoms with Gasteiger partial charge >= 0.3 is 0 Å². The first-order chi connectivity index (χ1) is 12.3. The number of H-pyrrole nitrogens is 1. The summed E-state index contributed by atoms with van der Waals surface area (Å²) in [6, 6.07) is 16.5. The number of aromatic amines is 1. The predicted molar refractivity (Wildman–Crippen MR) is 97.0 cm³/mol. The normalized spacial score (nSPS) is 14.2. The second-order valence-corrected chi connectivity index (χ2v) is 6.61. The summed E-state index contributed by atoms with van der Waals surface area (Å²) in [5.74, 6) is 1.05. The van der Waals surface area contributed by atoms with Gasteiger partial charge in [0.1, 0.15) is 0 Å². The number of aromatic nitrogens is 5. The molecule has 2 aromatic carbocycles. The van der Waals surface area contributed by atoms with Gasteiger partial charge in [-0.15, -0.1) is 5.10 Å². The number of hydrogen-bond donors (Lipinski definition) is 2. The second-order valence-electron chi connectivity index (χ2n) is 6.61. The highest BCUT2D eigenvalue weighted by molar-refractivity contribution is 5.92. The molecule has 124 valence electrons. The number of fused-ring (bicyclic) bond motifs is 1. The van der Waals surface area contributed by atoms with Crippen molar-refractivity contribution in [3.8, 4) is 11.3 Å². The smallest absolute Gasteiger partial charge is 0.153 e. The Labute approximate surface area is 144 Å². The zero-order valence-corrected chi connectivity index (χ0v) is 13.7. The molecule has 0 aliphatic heterocycles. The van der Waals surface area contributed by atoms with E-state index in [2.05, 4.69) is 44.8 Å². The summed E-state index contributed by atoms with van der Waals surface area (Å²) < 4.78 is 2.00. The van der Waals surface area contributed by atoms with Crippen molar-refractivity contribution in [1.82, 2.24) is 25.2 Å². The van der Waals surface area contributed by atoms with Crippen LogP contribution < -0.4 is 5.73 Å². The van der Waals surface area contributed by atoms with Crippen LogP contribution in [0.2, 0.25) is 0 Å². The van der Waals surface area contributed by atoms with E-state index in [4.69, 9.17) is 5.73 Å². The lowest BCUT2D eigenvalue weighted by atomic mass is 10.0. The van der Waals surface area contributed by atoms with Gasteiger partial charge in [-0.25, -0.2) is 4.68 Å². The van der Waals surface area contributed by atoms with Gasteiger partial charge in [0.15, 0.2) is 5.82 Å². The van der Waals surface area contributed by atoms with E-state index in [1.807, 2.05) is 28.9 Å². The minimum absolute atomic E-state index is 0.520. The van der Waals surface area contributed by atoms with E-state index < -0.39 is 0 Å². The molecule has 2 aromatic heterocycles. The molecule has 0 atom stereocenters. The molecule has 0 amide bonds. The van der Waals surface area contributed by atoms with Crippen LogP contribution in [0.1, 0.15) is 30.0 Å². The van der Waals surface area contributed by atoms with E-state index in [1.165, 1.54) is 18.4 Å². The maximum atomic E-state index is 5.99. The van der Waals surface area contributed by atoms with Crippen molar-refractivity contribution in [3.63, 3.8) is 0 Å². The van der Waals surface area contributed by atoms with Crippen LogP contribution in [-0.4, -0.2) is 25.2 Å². The summed E-state index contributed by atoms with van der Waals surface area (Å²) in [6.07, 6.45) is 2.38. The summed E-state index contributed by atoms with van der Waals surface area (Å²) in [5, 5.41) is 16.9. The van der Waals surface area contributed by atoms with Crippen LogP contribution in [0, 0.1) is 0 Å². The summed E-state index contributed by atoms with van der Waals surface area (Å²) in [6.45, 7) is 0.703. The Kier molecular flexibility index (Phi) is 3.09. The van der Waals surface area contributed by atoms with Crippen molar-refractivity contribution in [2.45, 2.75) is 25.3 Å². The molecule has 6 heteroatoms. The summed E-state index contributed by atoms with van der Waals surface area (Å²) in [5.41, 5.74) is 11.4. The summed E-state index contributed by atoms with van der Waals surface area (Å²) >= 11 is 0. The monoisotopic (exact) mass is 330 g/mol. The molecular weight excluding hydrogens is 312 g/mol. The largest absolute Gasteiger partial charge is 0.382 e. The number of benzene rings is 2. The number of hydrogen-bond acceptors (Lipinski definition) is 4. The zero-order chi connectivity index (χ0) is 16.8. The van der Waals surface area contributed by atoms with Crippen LogP contribution in [-0.2, 0) is 6.54 Å². The molecule has 1 aliphatic rings. The van der Waals surface area contributed by atoms with Crippen molar-refractivity contribution in [2.24, 2.45) is 0 Å². The lowest BCUT2D eigenvalue weighted by Gasteiger charge is -2.09. The van der Waals surface area contributed by atoms with E-state index in [0.717, 1.165) is 27.9 Å². The highest BCUT2D eigenvalue weighted by atomic mass is 15.4. The van der Waals surface area contributed by atoms with E-state index in [9.17, 15) is 0 Å². The van der Waals surface area contributed by atoms with Crippen molar-refractivity contribution in [1.29, 1.82) is 0 Å². The van der Waals surface area contributed by atoms with Crippen LogP contribution in [0.5, 0.6) is 0 Å². The number of anilines is 1. The molecule has 2 heterocycles. The molecule has 5 rings (SSSR count). The number of nitrogen functional groups attached to an aromatic ring is 1. The van der Waals surface area contributed by atoms with Gasteiger partial charge in [0.25, 0.3) is 0 Å². The first-order valence-electron chi connectivity index (χ1n) is 8.51. The van der Waals surface area contributed by atoms with E-state index >= 15 is 0 Å². The van der Waals surface area contributed by atoms with Gasteiger partial charge in [-0.1, -0.05) is 41.6 Å². The topological polar surface area (TPSA) is 85.4 Å². The first-order valence-corrected chi connectivity index (χ1v) is 8.51. The Morgan fingerprint density at radius 2 is 1.96 bits per heavy atom. The van der Waals surface area contributed by atoms with Crippen LogP contribution in [0.25, 0.3) is 22.2 Å². The number of nitrogens with zero attached hydrogens (tertiary/aromatic N) is 4. The number of rotatable bonds is 4. The molecule has 0 bridgehead atoms. The Morgan fingerprint density at radius 1 is 1.12 bits per heavy atom. The molecule has 1 fully saturated rings. The van der Waals surface area contributed by atoms with Crippen LogP contribution in [0.15, 0.2) is 48.5 Å².